The van der Waals surface area contributed by atoms with Crippen LogP contribution in [0.4, 0.5) is 4.79 Å². The molecule has 3 aromatic carbocycles. The molecule has 0 unspecified atom stereocenters. The van der Waals surface area contributed by atoms with Crippen molar-refractivity contribution in [3.63, 3.8) is 0 Å². The van der Waals surface area contributed by atoms with Gasteiger partial charge in [0, 0.05) is 5.92 Å². The fourth-order valence-corrected chi connectivity index (χ4v) is 9.61. The Bertz CT molecular complexity index is 1270. The molecule has 3 rings (SSSR count). The summed E-state index contributed by atoms with van der Waals surface area (Å²) in [5, 5.41) is 14.8. The predicted octanol–water partition coefficient (Wildman–Crippen LogP) is 6.26. The topological polar surface area (TPSA) is 84.9 Å². The second kappa shape index (κ2) is 13.3. The second-order valence-electron chi connectivity index (χ2n) is 12.3. The molecule has 0 aliphatic rings. The van der Waals surface area contributed by atoms with E-state index in [0.717, 1.165) is 21.5 Å². The lowest BCUT2D eigenvalue weighted by molar-refractivity contribution is -0.140. The number of carboxylic acid groups (broad SMARTS) is 1. The van der Waals surface area contributed by atoms with Gasteiger partial charge in [-0.1, -0.05) is 125 Å². The molecule has 0 bridgehead atoms. The summed E-state index contributed by atoms with van der Waals surface area (Å²) < 4.78 is 12.6. The van der Waals surface area contributed by atoms with E-state index in [2.05, 4.69) is 50.4 Å². The van der Waals surface area contributed by atoms with Gasteiger partial charge >= 0.3 is 12.1 Å². The average molecular weight is 574 g/mol. The molecule has 0 saturated carbocycles. The minimum Gasteiger partial charge on any atom is -0.480 e. The highest BCUT2D eigenvalue weighted by Gasteiger charge is 2.50. The smallest absolute Gasteiger partial charge is 0.408 e. The molecule has 0 fully saturated rings. The van der Waals surface area contributed by atoms with Crippen molar-refractivity contribution >= 4 is 36.8 Å². The predicted molar refractivity (Wildman–Crippen MR) is 168 cm³/mol. The highest BCUT2D eigenvalue weighted by molar-refractivity contribution is 6.99. The van der Waals surface area contributed by atoms with Crippen LogP contribution in [0.2, 0.25) is 5.04 Å². The molecular formula is C34H43NO5Si. The van der Waals surface area contributed by atoms with Crippen LogP contribution in [0.25, 0.3) is 6.08 Å². The van der Waals surface area contributed by atoms with E-state index in [4.69, 9.17) is 9.16 Å². The number of ether oxygens (including phenoxy) is 1. The number of rotatable bonds is 10. The number of hydrogen-bond acceptors (Lipinski definition) is 4. The Morgan fingerprint density at radius 3 is 1.71 bits per heavy atom. The first-order valence-corrected chi connectivity index (χ1v) is 15.9. The Morgan fingerprint density at radius 2 is 1.29 bits per heavy atom. The maximum Gasteiger partial charge on any atom is 0.408 e. The van der Waals surface area contributed by atoms with Crippen LogP contribution in [0.15, 0.2) is 96.6 Å². The zero-order valence-corrected chi connectivity index (χ0v) is 26.2. The van der Waals surface area contributed by atoms with Crippen LogP contribution < -0.4 is 15.7 Å². The van der Waals surface area contributed by atoms with E-state index in [0.29, 0.717) is 0 Å². The van der Waals surface area contributed by atoms with Crippen LogP contribution in [0.5, 0.6) is 0 Å². The van der Waals surface area contributed by atoms with Crippen molar-refractivity contribution in [3.8, 4) is 0 Å². The third-order valence-electron chi connectivity index (χ3n) is 7.05. The van der Waals surface area contributed by atoms with Gasteiger partial charge in [0.1, 0.15) is 11.6 Å². The van der Waals surface area contributed by atoms with E-state index in [1.54, 1.807) is 27.7 Å². The molecule has 0 aliphatic heterocycles. The average Bonchev–Trinajstić information content (AvgIpc) is 2.91. The minimum atomic E-state index is -2.90. The number of hydrogen-bond donors (Lipinski definition) is 2. The third kappa shape index (κ3) is 8.18. The maximum absolute atomic E-state index is 12.6. The lowest BCUT2D eigenvalue weighted by atomic mass is 9.92. The van der Waals surface area contributed by atoms with Crippen LogP contribution in [-0.2, 0) is 14.0 Å². The molecule has 2 atom stereocenters. The van der Waals surface area contributed by atoms with Gasteiger partial charge in [-0.3, -0.25) is 0 Å². The summed E-state index contributed by atoms with van der Waals surface area (Å²) in [6, 6.07) is 29.1. The van der Waals surface area contributed by atoms with E-state index < -0.39 is 37.9 Å². The zero-order valence-electron chi connectivity index (χ0n) is 25.2. The van der Waals surface area contributed by atoms with Crippen molar-refractivity contribution in [1.82, 2.24) is 5.32 Å². The molecule has 0 radical (unpaired) electrons. The molecule has 3 aromatic rings. The molecule has 41 heavy (non-hydrogen) atoms. The molecule has 6 nitrogen and oxygen atoms in total. The van der Waals surface area contributed by atoms with Crippen molar-refractivity contribution in [2.75, 3.05) is 6.61 Å². The summed E-state index contributed by atoms with van der Waals surface area (Å²) in [5.41, 5.74) is 0.917. The van der Waals surface area contributed by atoms with E-state index >= 15 is 0 Å². The lowest BCUT2D eigenvalue weighted by Gasteiger charge is -2.43. The second-order valence-corrected chi connectivity index (χ2v) is 16.6. The van der Waals surface area contributed by atoms with Gasteiger partial charge in [0.25, 0.3) is 8.32 Å². The number of carbonyl (C=O) groups is 2. The van der Waals surface area contributed by atoms with Gasteiger partial charge in [-0.2, -0.15) is 0 Å². The van der Waals surface area contributed by atoms with Crippen LogP contribution in [0, 0.1) is 5.92 Å². The molecule has 0 spiro atoms. The maximum atomic E-state index is 12.6. The fraction of sp³-hybridized carbons (Fsp3) is 0.353. The van der Waals surface area contributed by atoms with Gasteiger partial charge in [0.05, 0.1) is 6.61 Å². The van der Waals surface area contributed by atoms with Gasteiger partial charge in [-0.05, 0) is 47.3 Å². The largest absolute Gasteiger partial charge is 0.480 e. The first kappa shape index (κ1) is 31.8. The Kier molecular flexibility index (Phi) is 10.3. The van der Waals surface area contributed by atoms with E-state index in [1.165, 1.54) is 0 Å². The highest BCUT2D eigenvalue weighted by Crippen LogP contribution is 2.37. The minimum absolute atomic E-state index is 0.184. The summed E-state index contributed by atoms with van der Waals surface area (Å²) >= 11 is 0. The van der Waals surface area contributed by atoms with Crippen LogP contribution in [0.1, 0.15) is 54.0 Å². The summed E-state index contributed by atoms with van der Waals surface area (Å²) in [5.74, 6) is -1.74. The SMILES string of the molecule is C[C@H](/C(=C/c1ccccc1)CO[Si](c1ccccc1)(c1ccccc1)C(C)(C)C)[C@H](NC(=O)OC(C)(C)C)C(=O)O. The molecule has 7 heteroatoms. The summed E-state index contributed by atoms with van der Waals surface area (Å²) in [6.07, 6.45) is 1.19. The van der Waals surface area contributed by atoms with Gasteiger partial charge < -0.3 is 19.6 Å². The number of aliphatic carboxylic acids is 1. The van der Waals surface area contributed by atoms with E-state index in [-0.39, 0.29) is 11.6 Å². The van der Waals surface area contributed by atoms with E-state index in [9.17, 15) is 14.7 Å². The van der Waals surface area contributed by atoms with Gasteiger partial charge in [0.2, 0.25) is 0 Å². The quantitative estimate of drug-likeness (QED) is 0.280. The van der Waals surface area contributed by atoms with Crippen LogP contribution in [-0.4, -0.2) is 43.7 Å². The molecule has 0 saturated heterocycles. The van der Waals surface area contributed by atoms with Gasteiger partial charge in [-0.15, -0.1) is 0 Å². The van der Waals surface area contributed by atoms with Crippen molar-refractivity contribution in [2.45, 2.75) is 65.1 Å². The normalized spacial score (nSPS) is 14.2. The van der Waals surface area contributed by atoms with Crippen molar-refractivity contribution < 1.29 is 23.9 Å². The summed E-state index contributed by atoms with van der Waals surface area (Å²) in [6.45, 7) is 13.8. The molecule has 1 amide bonds. The summed E-state index contributed by atoms with van der Waals surface area (Å²) in [4.78, 5) is 25.1. The van der Waals surface area contributed by atoms with E-state index in [1.807, 2.05) is 72.8 Å². The third-order valence-corrected chi connectivity index (χ3v) is 12.0. The van der Waals surface area contributed by atoms with Crippen molar-refractivity contribution in [1.29, 1.82) is 0 Å². The number of amides is 1. The first-order valence-electron chi connectivity index (χ1n) is 14.0. The molecular weight excluding hydrogens is 530 g/mol. The monoisotopic (exact) mass is 573 g/mol. The van der Waals surface area contributed by atoms with Crippen molar-refractivity contribution in [3.05, 3.63) is 102 Å². The Hall–Kier alpha value is -3.68. The highest BCUT2D eigenvalue weighted by atomic mass is 28.4. The molecule has 218 valence electrons. The zero-order chi connectivity index (χ0) is 30.3. The molecule has 0 aromatic heterocycles. The number of carboxylic acids is 1. The number of alkyl carbamates (subject to hydrolysis) is 1. The fourth-order valence-electron chi connectivity index (χ4n) is 5.07. The Morgan fingerprint density at radius 1 is 0.829 bits per heavy atom. The number of nitrogens with one attached hydrogen (secondary N) is 1. The Balaban J connectivity index is 2.09. The van der Waals surface area contributed by atoms with Crippen LogP contribution >= 0.6 is 0 Å². The summed E-state index contributed by atoms with van der Waals surface area (Å²) in [7, 11) is -2.90. The molecule has 0 aliphatic carbocycles. The standard InChI is InChI=1S/C34H43NO5Si/c1-25(30(31(36)37)35-32(38)40-33(2,3)4)27(23-26-17-11-8-12-18-26)24-39-41(34(5,6)7,28-19-13-9-14-20-28)29-21-15-10-16-22-29/h8-23,25,30H,24H2,1-7H3,(H,35,38)(H,36,37)/b27-23+/t25-,30+/m1/s1. The van der Waals surface area contributed by atoms with Gasteiger partial charge in [0.15, 0.2) is 0 Å². The van der Waals surface area contributed by atoms with Crippen LogP contribution in [0.3, 0.4) is 0 Å². The molecule has 2 N–H and O–H groups in total. The number of carbonyl (C=O) groups excluding carboxylic acids is 1. The first-order chi connectivity index (χ1) is 19.2. The molecule has 0 heterocycles. The lowest BCUT2D eigenvalue weighted by Crippen LogP contribution is -2.66. The van der Waals surface area contributed by atoms with Gasteiger partial charge in [-0.25, -0.2) is 9.59 Å². The van der Waals surface area contributed by atoms with Crippen molar-refractivity contribution in [2.24, 2.45) is 5.92 Å². The Labute approximate surface area is 245 Å². The number of benzene rings is 3.